The molecule has 0 radical (unpaired) electrons. The first kappa shape index (κ1) is 20.2. The van der Waals surface area contributed by atoms with Gasteiger partial charge in [0, 0.05) is 10.9 Å². The summed E-state index contributed by atoms with van der Waals surface area (Å²) in [6, 6.07) is 13.6. The number of fused-ring (bicyclic) bond motifs is 2. The van der Waals surface area contributed by atoms with E-state index >= 15 is 0 Å². The molecule has 0 unspecified atom stereocenters. The summed E-state index contributed by atoms with van der Waals surface area (Å²) in [6.45, 7) is 0.421. The Hall–Kier alpha value is -3.72. The van der Waals surface area contributed by atoms with Crippen molar-refractivity contribution >= 4 is 27.5 Å². The molecule has 9 heteroatoms. The van der Waals surface area contributed by atoms with Crippen molar-refractivity contribution in [2.24, 2.45) is 0 Å². The summed E-state index contributed by atoms with van der Waals surface area (Å²) in [5.74, 6) is 1.03. The molecule has 1 N–H and O–H groups in total. The monoisotopic (exact) mass is 451 g/mol. The Kier molecular flexibility index (Phi) is 5.55. The number of halogens is 1. The third kappa shape index (κ3) is 4.19. The number of carbonyl (C=O) groups excluding carboxylic acids is 1. The number of hydrogen-bond acceptors (Lipinski definition) is 7. The van der Waals surface area contributed by atoms with Gasteiger partial charge in [-0.25, -0.2) is 14.4 Å². The number of nitrogens with zero attached hydrogens (tertiary/aromatic N) is 2. The number of ether oxygens (including phenoxy) is 3. The second kappa shape index (κ2) is 8.80. The van der Waals surface area contributed by atoms with Crippen LogP contribution in [-0.4, -0.2) is 41.7 Å². The predicted molar refractivity (Wildman–Crippen MR) is 118 cm³/mol. The average molecular weight is 451 g/mol. The minimum atomic E-state index is -0.312. The molecule has 2 aromatic carbocycles. The largest absolute Gasteiger partial charge is 0.486 e. The fourth-order valence-corrected chi connectivity index (χ4v) is 4.28. The van der Waals surface area contributed by atoms with Gasteiger partial charge in [0.15, 0.2) is 18.1 Å². The van der Waals surface area contributed by atoms with E-state index in [4.69, 9.17) is 14.2 Å². The van der Waals surface area contributed by atoms with E-state index in [-0.39, 0.29) is 31.0 Å². The SMILES string of the molecule is O=C(COc1ncnc2scc(-c3ccc(F)cc3)c12)NC[C@@H]1COc2ccccc2O1. The number of carbonyl (C=O) groups is 1. The molecule has 0 saturated carbocycles. The Morgan fingerprint density at radius 3 is 2.81 bits per heavy atom. The zero-order valence-electron chi connectivity index (χ0n) is 16.8. The second-order valence-electron chi connectivity index (χ2n) is 7.11. The number of aromatic nitrogens is 2. The fourth-order valence-electron chi connectivity index (χ4n) is 3.38. The number of para-hydroxylation sites is 2. The molecule has 1 atom stereocenters. The van der Waals surface area contributed by atoms with E-state index in [2.05, 4.69) is 15.3 Å². The molecule has 4 aromatic rings. The first-order chi connectivity index (χ1) is 15.7. The first-order valence-corrected chi connectivity index (χ1v) is 10.8. The van der Waals surface area contributed by atoms with Crippen molar-refractivity contribution in [1.29, 1.82) is 0 Å². The molecule has 1 aliphatic rings. The van der Waals surface area contributed by atoms with Gasteiger partial charge >= 0.3 is 0 Å². The highest BCUT2D eigenvalue weighted by molar-refractivity contribution is 7.17. The summed E-state index contributed by atoms with van der Waals surface area (Å²) in [5, 5.41) is 5.40. The topological polar surface area (TPSA) is 82.6 Å². The number of amides is 1. The van der Waals surface area contributed by atoms with Crippen LogP contribution in [0.15, 0.2) is 60.2 Å². The highest BCUT2D eigenvalue weighted by Crippen LogP contribution is 2.37. The molecule has 1 amide bonds. The van der Waals surface area contributed by atoms with Crippen LogP contribution >= 0.6 is 11.3 Å². The minimum absolute atomic E-state index is 0.213. The molecule has 0 saturated heterocycles. The van der Waals surface area contributed by atoms with Crippen LogP contribution in [0.4, 0.5) is 4.39 Å². The van der Waals surface area contributed by atoms with E-state index in [9.17, 15) is 9.18 Å². The third-order valence-corrected chi connectivity index (χ3v) is 5.81. The Balaban J connectivity index is 1.23. The van der Waals surface area contributed by atoms with Gasteiger partial charge in [0.2, 0.25) is 5.88 Å². The normalized spacial score (nSPS) is 14.8. The molecule has 1 aliphatic heterocycles. The van der Waals surface area contributed by atoms with Crippen molar-refractivity contribution in [3.05, 3.63) is 66.1 Å². The van der Waals surface area contributed by atoms with Crippen molar-refractivity contribution in [1.82, 2.24) is 15.3 Å². The van der Waals surface area contributed by atoms with E-state index in [1.165, 1.54) is 29.8 Å². The van der Waals surface area contributed by atoms with Crippen LogP contribution in [0, 0.1) is 5.82 Å². The molecule has 0 spiro atoms. The first-order valence-electron chi connectivity index (χ1n) is 9.93. The lowest BCUT2D eigenvalue weighted by Gasteiger charge is -2.26. The van der Waals surface area contributed by atoms with Crippen molar-refractivity contribution in [3.63, 3.8) is 0 Å². The van der Waals surface area contributed by atoms with Gasteiger partial charge in [0.05, 0.1) is 11.9 Å². The van der Waals surface area contributed by atoms with E-state index in [1.54, 1.807) is 12.1 Å². The van der Waals surface area contributed by atoms with Crippen LogP contribution in [-0.2, 0) is 4.79 Å². The number of benzene rings is 2. The summed E-state index contributed by atoms with van der Waals surface area (Å²) >= 11 is 1.43. The predicted octanol–water partition coefficient (Wildman–Crippen LogP) is 3.83. The van der Waals surface area contributed by atoms with Gasteiger partial charge in [-0.1, -0.05) is 24.3 Å². The minimum Gasteiger partial charge on any atom is -0.486 e. The van der Waals surface area contributed by atoms with Gasteiger partial charge in [-0.3, -0.25) is 4.79 Å². The van der Waals surface area contributed by atoms with Gasteiger partial charge in [-0.05, 0) is 29.8 Å². The summed E-state index contributed by atoms with van der Waals surface area (Å²) < 4.78 is 30.5. The van der Waals surface area contributed by atoms with E-state index in [0.29, 0.717) is 29.4 Å². The second-order valence-corrected chi connectivity index (χ2v) is 7.96. The van der Waals surface area contributed by atoms with E-state index in [0.717, 1.165) is 16.0 Å². The van der Waals surface area contributed by atoms with Crippen LogP contribution in [0.25, 0.3) is 21.3 Å². The zero-order valence-corrected chi connectivity index (χ0v) is 17.6. The Bertz CT molecular complexity index is 1260. The molecule has 0 aliphatic carbocycles. The summed E-state index contributed by atoms with van der Waals surface area (Å²) in [4.78, 5) is 21.6. The molecule has 32 heavy (non-hydrogen) atoms. The van der Waals surface area contributed by atoms with Crippen LogP contribution in [0.5, 0.6) is 17.4 Å². The lowest BCUT2D eigenvalue weighted by atomic mass is 10.1. The smallest absolute Gasteiger partial charge is 0.258 e. The molecular formula is C23H18FN3O4S. The maximum absolute atomic E-state index is 13.3. The lowest BCUT2D eigenvalue weighted by Crippen LogP contribution is -2.42. The lowest BCUT2D eigenvalue weighted by molar-refractivity contribution is -0.123. The molecule has 0 fully saturated rings. The Morgan fingerprint density at radius 1 is 1.16 bits per heavy atom. The van der Waals surface area contributed by atoms with Crippen molar-refractivity contribution in [2.75, 3.05) is 19.8 Å². The fraction of sp³-hybridized carbons (Fsp3) is 0.174. The molecular weight excluding hydrogens is 433 g/mol. The molecule has 162 valence electrons. The molecule has 7 nitrogen and oxygen atoms in total. The number of nitrogens with one attached hydrogen (secondary N) is 1. The van der Waals surface area contributed by atoms with Crippen molar-refractivity contribution < 1.29 is 23.4 Å². The third-order valence-electron chi connectivity index (χ3n) is 4.93. The molecule has 5 rings (SSSR count). The van der Waals surface area contributed by atoms with Crippen molar-refractivity contribution in [3.8, 4) is 28.5 Å². The van der Waals surface area contributed by atoms with Crippen LogP contribution in [0.1, 0.15) is 0 Å². The Morgan fingerprint density at radius 2 is 1.97 bits per heavy atom. The van der Waals surface area contributed by atoms with Gasteiger partial charge in [-0.15, -0.1) is 11.3 Å². The standard InChI is InChI=1S/C23H18FN3O4S/c24-15-7-5-14(6-8-15)17-12-32-23-21(17)22(26-13-27-23)30-11-20(28)25-9-16-10-29-18-3-1-2-4-19(18)31-16/h1-8,12-13,16H,9-11H2,(H,25,28)/t16-/m1/s1. The molecule has 0 bridgehead atoms. The summed E-state index contributed by atoms with van der Waals surface area (Å²) in [6.07, 6.45) is 1.10. The van der Waals surface area contributed by atoms with E-state index in [1.807, 2.05) is 29.6 Å². The number of rotatable bonds is 6. The molecule has 3 heterocycles. The van der Waals surface area contributed by atoms with Gasteiger partial charge in [0.25, 0.3) is 5.91 Å². The highest BCUT2D eigenvalue weighted by atomic mass is 32.1. The number of hydrogen-bond donors (Lipinski definition) is 1. The molecule has 2 aromatic heterocycles. The zero-order chi connectivity index (χ0) is 21.9. The van der Waals surface area contributed by atoms with Crippen LogP contribution in [0.2, 0.25) is 0 Å². The quantitative estimate of drug-likeness (QED) is 0.480. The summed E-state index contributed by atoms with van der Waals surface area (Å²) in [7, 11) is 0. The average Bonchev–Trinajstić information content (AvgIpc) is 3.26. The maximum atomic E-state index is 13.3. The van der Waals surface area contributed by atoms with Crippen LogP contribution < -0.4 is 19.5 Å². The van der Waals surface area contributed by atoms with Gasteiger partial charge in [-0.2, -0.15) is 0 Å². The van der Waals surface area contributed by atoms with E-state index < -0.39 is 0 Å². The maximum Gasteiger partial charge on any atom is 0.258 e. The Labute approximate surface area is 186 Å². The summed E-state index contributed by atoms with van der Waals surface area (Å²) in [5.41, 5.74) is 1.64. The van der Waals surface area contributed by atoms with Crippen LogP contribution in [0.3, 0.4) is 0 Å². The number of thiophene rings is 1. The van der Waals surface area contributed by atoms with Crippen molar-refractivity contribution in [2.45, 2.75) is 6.10 Å². The van der Waals surface area contributed by atoms with Gasteiger partial charge in [0.1, 0.15) is 29.7 Å². The van der Waals surface area contributed by atoms with Gasteiger partial charge < -0.3 is 19.5 Å². The highest BCUT2D eigenvalue weighted by Gasteiger charge is 2.21.